The number of rotatable bonds is 7. The summed E-state index contributed by atoms with van der Waals surface area (Å²) in [5, 5.41) is 4.19. The van der Waals surface area contributed by atoms with Crippen molar-refractivity contribution in [2.75, 3.05) is 60.5 Å². The third-order valence-corrected chi connectivity index (χ3v) is 6.88. The molecule has 2 aromatic heterocycles. The van der Waals surface area contributed by atoms with Crippen LogP contribution in [0.1, 0.15) is 5.56 Å². The number of hydrogen-bond donors (Lipinski definition) is 2. The molecule has 4 rings (SSSR count). The molecule has 9 nitrogen and oxygen atoms in total. The Morgan fingerprint density at radius 3 is 2.62 bits per heavy atom. The van der Waals surface area contributed by atoms with E-state index in [0.717, 1.165) is 31.7 Å². The molecular weight excluding hydrogens is 450 g/mol. The highest BCUT2D eigenvalue weighted by atomic mass is 35.5. The van der Waals surface area contributed by atoms with Crippen LogP contribution in [0.25, 0.3) is 10.9 Å². The Bertz CT molecular complexity index is 1210. The molecule has 0 spiro atoms. The van der Waals surface area contributed by atoms with E-state index in [1.54, 1.807) is 24.4 Å². The molecule has 32 heavy (non-hydrogen) atoms. The van der Waals surface area contributed by atoms with Gasteiger partial charge in [-0.3, -0.25) is 4.72 Å². The molecule has 0 aliphatic carbocycles. The van der Waals surface area contributed by atoms with Crippen molar-refractivity contribution >= 4 is 50.0 Å². The molecule has 0 unspecified atom stereocenters. The van der Waals surface area contributed by atoms with E-state index in [9.17, 15) is 8.42 Å². The first-order valence-electron chi connectivity index (χ1n) is 10.4. The van der Waals surface area contributed by atoms with Crippen molar-refractivity contribution < 1.29 is 8.42 Å². The number of piperazine rings is 1. The summed E-state index contributed by atoms with van der Waals surface area (Å²) in [7, 11) is -1.45. The van der Waals surface area contributed by atoms with Gasteiger partial charge in [0.15, 0.2) is 0 Å². The molecule has 0 saturated carbocycles. The third kappa shape index (κ3) is 5.37. The summed E-state index contributed by atoms with van der Waals surface area (Å²) < 4.78 is 27.8. The first kappa shape index (κ1) is 22.5. The minimum absolute atomic E-state index is 0.116. The minimum Gasteiger partial charge on any atom is -0.368 e. The molecule has 0 atom stereocenters. The predicted octanol–water partition coefficient (Wildman–Crippen LogP) is 2.59. The summed E-state index contributed by atoms with van der Waals surface area (Å²) in [6.45, 7) is 5.52. The highest BCUT2D eigenvalue weighted by Crippen LogP contribution is 2.25. The number of sulfonamides is 1. The first-order valence-corrected chi connectivity index (χ1v) is 12.4. The van der Waals surface area contributed by atoms with Crippen LogP contribution in [0.15, 0.2) is 36.5 Å². The standard InChI is InChI=1S/C21H26ClN7O2S/c1-15-5-3-4-6-17(15)27-32(30,31)12-7-23-20-16-13-19(22)24-14-18(16)25-21(26-20)29-10-8-28(2)9-11-29/h3-6,13-14,27H,7-12H2,1-2H3,(H,23,25,26). The Kier molecular flexibility index (Phi) is 6.63. The number of anilines is 3. The molecule has 0 radical (unpaired) electrons. The molecular formula is C21H26ClN7O2S. The number of para-hydroxylation sites is 1. The van der Waals surface area contributed by atoms with Crippen LogP contribution in [0.4, 0.5) is 17.5 Å². The van der Waals surface area contributed by atoms with E-state index < -0.39 is 10.0 Å². The van der Waals surface area contributed by atoms with Crippen molar-refractivity contribution in [3.63, 3.8) is 0 Å². The zero-order valence-electron chi connectivity index (χ0n) is 18.0. The topological polar surface area (TPSA) is 103 Å². The predicted molar refractivity (Wildman–Crippen MR) is 129 cm³/mol. The Hall–Kier alpha value is -2.69. The fourth-order valence-corrected chi connectivity index (χ4v) is 4.68. The van der Waals surface area contributed by atoms with Gasteiger partial charge >= 0.3 is 0 Å². The van der Waals surface area contributed by atoms with Gasteiger partial charge in [-0.25, -0.2) is 18.4 Å². The van der Waals surface area contributed by atoms with Crippen molar-refractivity contribution in [3.05, 3.63) is 47.2 Å². The third-order valence-electron chi connectivity index (χ3n) is 5.40. The summed E-state index contributed by atoms with van der Waals surface area (Å²) in [5.74, 6) is 1.02. The monoisotopic (exact) mass is 475 g/mol. The van der Waals surface area contributed by atoms with E-state index in [4.69, 9.17) is 16.6 Å². The van der Waals surface area contributed by atoms with Crippen molar-refractivity contribution in [3.8, 4) is 0 Å². The number of fused-ring (bicyclic) bond motifs is 1. The summed E-state index contributed by atoms with van der Waals surface area (Å²) >= 11 is 6.09. The lowest BCUT2D eigenvalue weighted by atomic mass is 10.2. The SMILES string of the molecule is Cc1ccccc1NS(=O)(=O)CCNc1nc(N2CCN(C)CC2)nc2cnc(Cl)cc12. The van der Waals surface area contributed by atoms with Crippen molar-refractivity contribution in [1.82, 2.24) is 19.9 Å². The molecule has 11 heteroatoms. The van der Waals surface area contributed by atoms with Crippen LogP contribution >= 0.6 is 11.6 Å². The van der Waals surface area contributed by atoms with Gasteiger partial charge in [0, 0.05) is 38.1 Å². The van der Waals surface area contributed by atoms with Crippen LogP contribution < -0.4 is 14.9 Å². The fourth-order valence-electron chi connectivity index (χ4n) is 3.49. The van der Waals surface area contributed by atoms with Gasteiger partial charge in [0.1, 0.15) is 11.0 Å². The molecule has 2 N–H and O–H groups in total. The number of halogens is 1. The number of nitrogens with zero attached hydrogens (tertiary/aromatic N) is 5. The second kappa shape index (κ2) is 9.43. The maximum atomic E-state index is 12.6. The van der Waals surface area contributed by atoms with Gasteiger partial charge in [0.2, 0.25) is 16.0 Å². The zero-order valence-corrected chi connectivity index (χ0v) is 19.6. The first-order chi connectivity index (χ1) is 15.3. The number of nitrogens with one attached hydrogen (secondary N) is 2. The molecule has 170 valence electrons. The number of aryl methyl sites for hydroxylation is 1. The average molecular weight is 476 g/mol. The smallest absolute Gasteiger partial charge is 0.234 e. The lowest BCUT2D eigenvalue weighted by Crippen LogP contribution is -2.45. The normalized spacial score (nSPS) is 15.2. The van der Waals surface area contributed by atoms with Crippen LogP contribution in [-0.4, -0.2) is 73.8 Å². The number of likely N-dealkylation sites (N-methyl/N-ethyl adjacent to an activating group) is 1. The number of benzene rings is 1. The van der Waals surface area contributed by atoms with Gasteiger partial charge < -0.3 is 15.1 Å². The molecule has 1 fully saturated rings. The molecule has 1 saturated heterocycles. The van der Waals surface area contributed by atoms with Crippen molar-refractivity contribution in [2.24, 2.45) is 0 Å². The van der Waals surface area contributed by atoms with Gasteiger partial charge in [-0.2, -0.15) is 4.98 Å². The Labute approximate surface area is 192 Å². The van der Waals surface area contributed by atoms with E-state index >= 15 is 0 Å². The summed E-state index contributed by atoms with van der Waals surface area (Å²) in [6.07, 6.45) is 1.61. The maximum absolute atomic E-state index is 12.6. The zero-order chi connectivity index (χ0) is 22.7. The average Bonchev–Trinajstić information content (AvgIpc) is 2.76. The number of aromatic nitrogens is 3. The Morgan fingerprint density at radius 1 is 1.12 bits per heavy atom. The molecule has 1 aromatic carbocycles. The molecule has 1 aliphatic heterocycles. The minimum atomic E-state index is -3.54. The van der Waals surface area contributed by atoms with E-state index in [1.165, 1.54) is 0 Å². The molecule has 1 aliphatic rings. The number of pyridine rings is 1. The summed E-state index contributed by atoms with van der Waals surface area (Å²) in [6, 6.07) is 8.96. The van der Waals surface area contributed by atoms with Crippen molar-refractivity contribution in [1.29, 1.82) is 0 Å². The molecule has 0 bridgehead atoms. The lowest BCUT2D eigenvalue weighted by molar-refractivity contribution is 0.311. The van der Waals surface area contributed by atoms with Crippen LogP contribution in [0.5, 0.6) is 0 Å². The highest BCUT2D eigenvalue weighted by Gasteiger charge is 2.19. The van der Waals surface area contributed by atoms with Crippen LogP contribution in [0.3, 0.4) is 0 Å². The second-order valence-electron chi connectivity index (χ2n) is 7.85. The van der Waals surface area contributed by atoms with Crippen molar-refractivity contribution in [2.45, 2.75) is 6.92 Å². The van der Waals surface area contributed by atoms with E-state index in [2.05, 4.69) is 36.9 Å². The van der Waals surface area contributed by atoms with Gasteiger partial charge in [0.25, 0.3) is 0 Å². The van der Waals surface area contributed by atoms with Crippen LogP contribution in [0.2, 0.25) is 5.15 Å². The van der Waals surface area contributed by atoms with Crippen LogP contribution in [-0.2, 0) is 10.0 Å². The largest absolute Gasteiger partial charge is 0.368 e. The lowest BCUT2D eigenvalue weighted by Gasteiger charge is -2.32. The maximum Gasteiger partial charge on any atom is 0.234 e. The van der Waals surface area contributed by atoms with Gasteiger partial charge in [0.05, 0.1) is 23.2 Å². The quantitative estimate of drug-likeness (QED) is 0.502. The van der Waals surface area contributed by atoms with Gasteiger partial charge in [-0.1, -0.05) is 29.8 Å². The van der Waals surface area contributed by atoms with E-state index in [1.807, 2.05) is 19.1 Å². The molecule has 3 heterocycles. The van der Waals surface area contributed by atoms with E-state index in [0.29, 0.717) is 33.5 Å². The van der Waals surface area contributed by atoms with Crippen LogP contribution in [0, 0.1) is 6.92 Å². The van der Waals surface area contributed by atoms with Gasteiger partial charge in [-0.15, -0.1) is 0 Å². The Morgan fingerprint density at radius 2 is 1.88 bits per heavy atom. The molecule has 0 amide bonds. The second-order valence-corrected chi connectivity index (χ2v) is 10.1. The van der Waals surface area contributed by atoms with Gasteiger partial charge in [-0.05, 0) is 31.7 Å². The molecule has 3 aromatic rings. The Balaban J connectivity index is 1.52. The van der Waals surface area contributed by atoms with E-state index in [-0.39, 0.29) is 12.3 Å². The summed E-state index contributed by atoms with van der Waals surface area (Å²) in [5.41, 5.74) is 2.10. The summed E-state index contributed by atoms with van der Waals surface area (Å²) in [4.78, 5) is 17.9. The highest BCUT2D eigenvalue weighted by molar-refractivity contribution is 7.92. The number of hydrogen-bond acceptors (Lipinski definition) is 8. The fraction of sp³-hybridized carbons (Fsp3) is 0.381.